The minimum atomic E-state index is -0.579. The monoisotopic (exact) mass is 176 g/mol. The number of ether oxygens (including phenoxy) is 1. The Morgan fingerprint density at radius 1 is 1.38 bits per heavy atom. The second-order valence-corrected chi connectivity index (χ2v) is 2.69. The topological polar surface area (TPSA) is 29.5 Å². The van der Waals surface area contributed by atoms with E-state index in [9.17, 15) is 5.11 Å². The molecule has 0 spiro atoms. The lowest BCUT2D eigenvalue weighted by atomic mass is 10.3. The Morgan fingerprint density at radius 3 is 2.69 bits per heavy atom. The van der Waals surface area contributed by atoms with E-state index in [-0.39, 0.29) is 6.61 Å². The van der Waals surface area contributed by atoms with Gasteiger partial charge in [-0.3, -0.25) is 0 Å². The predicted octanol–water partition coefficient (Wildman–Crippen LogP) is 1.45. The van der Waals surface area contributed by atoms with Gasteiger partial charge in [-0.05, 0) is 12.1 Å². The van der Waals surface area contributed by atoms with Gasteiger partial charge < -0.3 is 9.84 Å². The molecule has 0 saturated heterocycles. The van der Waals surface area contributed by atoms with E-state index >= 15 is 0 Å². The molecule has 1 atom stereocenters. The summed E-state index contributed by atoms with van der Waals surface area (Å²) >= 11 is 0. The second kappa shape index (κ2) is 5.23. The highest BCUT2D eigenvalue weighted by molar-refractivity contribution is 5.20. The number of aliphatic hydroxyl groups excluding tert-OH is 1. The van der Waals surface area contributed by atoms with Gasteiger partial charge in [0.05, 0.1) is 6.10 Å². The molecule has 1 N–H and O–H groups in total. The number of aliphatic hydroxyl groups is 1. The summed E-state index contributed by atoms with van der Waals surface area (Å²) in [6.07, 6.45) is 4.78. The van der Waals surface area contributed by atoms with E-state index < -0.39 is 6.10 Å². The summed E-state index contributed by atoms with van der Waals surface area (Å²) in [5.41, 5.74) is 0. The molecular weight excluding hydrogens is 164 g/mol. The van der Waals surface area contributed by atoms with Crippen LogP contribution in [0.25, 0.3) is 0 Å². The van der Waals surface area contributed by atoms with Gasteiger partial charge in [-0.25, -0.2) is 0 Å². The Labute approximate surface area is 78.2 Å². The maximum atomic E-state index is 9.24. The van der Waals surface area contributed by atoms with Gasteiger partial charge in [-0.2, -0.15) is 0 Å². The van der Waals surface area contributed by atoms with Crippen LogP contribution >= 0.6 is 0 Å². The lowest BCUT2D eigenvalue weighted by molar-refractivity contribution is 0.111. The van der Waals surface area contributed by atoms with Crippen LogP contribution in [-0.4, -0.2) is 17.8 Å². The highest BCUT2D eigenvalue weighted by atomic mass is 16.5. The van der Waals surface area contributed by atoms with Crippen LogP contribution in [0.5, 0.6) is 5.75 Å². The molecular formula is C11H12O2. The van der Waals surface area contributed by atoms with Gasteiger partial charge in [-0.15, -0.1) is 12.3 Å². The summed E-state index contributed by atoms with van der Waals surface area (Å²) in [6.45, 7) is 0.244. The van der Waals surface area contributed by atoms with Crippen molar-refractivity contribution in [1.82, 2.24) is 0 Å². The largest absolute Gasteiger partial charge is 0.491 e. The summed E-state index contributed by atoms with van der Waals surface area (Å²) < 4.78 is 5.27. The first kappa shape index (κ1) is 9.63. The lowest BCUT2D eigenvalue weighted by Gasteiger charge is -2.09. The van der Waals surface area contributed by atoms with Gasteiger partial charge in [-0.1, -0.05) is 18.2 Å². The van der Waals surface area contributed by atoms with Gasteiger partial charge in [0, 0.05) is 6.42 Å². The molecule has 1 rings (SSSR count). The molecule has 13 heavy (non-hydrogen) atoms. The minimum Gasteiger partial charge on any atom is -0.491 e. The average Bonchev–Trinajstić information content (AvgIpc) is 2.17. The molecule has 68 valence electrons. The summed E-state index contributed by atoms with van der Waals surface area (Å²) in [5, 5.41) is 9.24. The summed E-state index contributed by atoms with van der Waals surface area (Å²) in [5.74, 6) is 3.12. The fraction of sp³-hybridized carbons (Fsp3) is 0.273. The molecule has 0 fully saturated rings. The zero-order valence-electron chi connectivity index (χ0n) is 7.31. The first-order chi connectivity index (χ1) is 6.33. The van der Waals surface area contributed by atoms with Crippen molar-refractivity contribution in [2.75, 3.05) is 6.61 Å². The molecule has 1 unspecified atom stereocenters. The molecule has 0 aliphatic carbocycles. The smallest absolute Gasteiger partial charge is 0.119 e. The molecule has 0 bridgehead atoms. The number of rotatable bonds is 4. The molecule has 0 heterocycles. The maximum absolute atomic E-state index is 9.24. The van der Waals surface area contributed by atoms with E-state index in [1.165, 1.54) is 0 Å². The molecule has 1 aromatic carbocycles. The van der Waals surface area contributed by atoms with Crippen molar-refractivity contribution >= 4 is 0 Å². The third-order valence-electron chi connectivity index (χ3n) is 1.54. The average molecular weight is 176 g/mol. The lowest BCUT2D eigenvalue weighted by Crippen LogP contribution is -2.16. The van der Waals surface area contributed by atoms with Gasteiger partial charge in [0.25, 0.3) is 0 Å². The predicted molar refractivity (Wildman–Crippen MR) is 51.4 cm³/mol. The van der Waals surface area contributed by atoms with Crippen LogP contribution in [-0.2, 0) is 0 Å². The fourth-order valence-corrected chi connectivity index (χ4v) is 0.904. The Bertz CT molecular complexity index is 274. The SMILES string of the molecule is C#CCC(O)COc1ccccc1. The van der Waals surface area contributed by atoms with Crippen molar-refractivity contribution in [3.63, 3.8) is 0 Å². The van der Waals surface area contributed by atoms with E-state index in [0.717, 1.165) is 5.75 Å². The van der Waals surface area contributed by atoms with E-state index in [1.807, 2.05) is 30.3 Å². The van der Waals surface area contributed by atoms with Gasteiger partial charge >= 0.3 is 0 Å². The van der Waals surface area contributed by atoms with Crippen LogP contribution in [0.1, 0.15) is 6.42 Å². The van der Waals surface area contributed by atoms with Crippen molar-refractivity contribution in [3.8, 4) is 18.1 Å². The Balaban J connectivity index is 2.32. The molecule has 2 heteroatoms. The van der Waals surface area contributed by atoms with Crippen LogP contribution in [0.3, 0.4) is 0 Å². The molecule has 0 aliphatic heterocycles. The van der Waals surface area contributed by atoms with Crippen LogP contribution in [0.4, 0.5) is 0 Å². The van der Waals surface area contributed by atoms with Crippen LogP contribution < -0.4 is 4.74 Å². The van der Waals surface area contributed by atoms with E-state index in [1.54, 1.807) is 0 Å². The minimum absolute atomic E-state index is 0.244. The quantitative estimate of drug-likeness (QED) is 0.703. The zero-order valence-corrected chi connectivity index (χ0v) is 7.31. The summed E-state index contributed by atoms with van der Waals surface area (Å²) in [4.78, 5) is 0. The van der Waals surface area contributed by atoms with Crippen LogP contribution in [0.2, 0.25) is 0 Å². The number of benzene rings is 1. The Hall–Kier alpha value is -1.46. The Kier molecular flexibility index (Phi) is 3.87. The normalized spacial score (nSPS) is 11.7. The zero-order chi connectivity index (χ0) is 9.52. The third kappa shape index (κ3) is 3.64. The van der Waals surface area contributed by atoms with Crippen LogP contribution in [0.15, 0.2) is 30.3 Å². The van der Waals surface area contributed by atoms with E-state index in [2.05, 4.69) is 5.92 Å². The van der Waals surface area contributed by atoms with E-state index in [0.29, 0.717) is 6.42 Å². The highest BCUT2D eigenvalue weighted by Gasteiger charge is 2.01. The fourth-order valence-electron chi connectivity index (χ4n) is 0.904. The van der Waals surface area contributed by atoms with Crippen molar-refractivity contribution < 1.29 is 9.84 Å². The molecule has 1 aromatic rings. The van der Waals surface area contributed by atoms with Gasteiger partial charge in [0.15, 0.2) is 0 Å². The van der Waals surface area contributed by atoms with Gasteiger partial charge in [0.2, 0.25) is 0 Å². The summed E-state index contributed by atoms with van der Waals surface area (Å²) in [7, 11) is 0. The Morgan fingerprint density at radius 2 is 2.08 bits per heavy atom. The number of hydrogen-bond acceptors (Lipinski definition) is 2. The van der Waals surface area contributed by atoms with Crippen molar-refractivity contribution in [3.05, 3.63) is 30.3 Å². The molecule has 0 amide bonds. The van der Waals surface area contributed by atoms with E-state index in [4.69, 9.17) is 11.2 Å². The first-order valence-electron chi connectivity index (χ1n) is 4.12. The molecule has 2 nitrogen and oxygen atoms in total. The van der Waals surface area contributed by atoms with Crippen molar-refractivity contribution in [2.45, 2.75) is 12.5 Å². The second-order valence-electron chi connectivity index (χ2n) is 2.69. The van der Waals surface area contributed by atoms with Gasteiger partial charge in [0.1, 0.15) is 12.4 Å². The molecule has 0 aliphatic rings. The van der Waals surface area contributed by atoms with Crippen LogP contribution in [0, 0.1) is 12.3 Å². The highest BCUT2D eigenvalue weighted by Crippen LogP contribution is 2.08. The molecule has 0 aromatic heterocycles. The summed E-state index contributed by atoms with van der Waals surface area (Å²) in [6, 6.07) is 9.34. The molecule has 0 radical (unpaired) electrons. The number of hydrogen-bond donors (Lipinski definition) is 1. The third-order valence-corrected chi connectivity index (χ3v) is 1.54. The van der Waals surface area contributed by atoms with Crippen molar-refractivity contribution in [2.24, 2.45) is 0 Å². The maximum Gasteiger partial charge on any atom is 0.119 e. The number of terminal acetylenes is 1. The standard InChI is InChI=1S/C11H12O2/c1-2-6-10(12)9-13-11-7-4-3-5-8-11/h1,3-5,7-8,10,12H,6,9H2. The number of para-hydroxylation sites is 1. The molecule has 0 saturated carbocycles. The first-order valence-corrected chi connectivity index (χ1v) is 4.12. The van der Waals surface area contributed by atoms with Crippen molar-refractivity contribution in [1.29, 1.82) is 0 Å².